The van der Waals surface area contributed by atoms with Crippen LogP contribution in [0.1, 0.15) is 62.2 Å². The molecule has 0 saturated carbocycles. The SMILES string of the molecule is CCCCOc1ccc(C(=O)NNC(=O)CCCCC2CCSS2)cc1OC. The van der Waals surface area contributed by atoms with Crippen LogP contribution in [-0.2, 0) is 4.79 Å². The smallest absolute Gasteiger partial charge is 0.269 e. The molecule has 1 aromatic rings. The molecule has 1 aliphatic rings. The average Bonchev–Trinajstić information content (AvgIpc) is 3.23. The highest BCUT2D eigenvalue weighted by Gasteiger charge is 2.16. The van der Waals surface area contributed by atoms with Gasteiger partial charge in [-0.2, -0.15) is 0 Å². The number of hydrogen-bond acceptors (Lipinski definition) is 6. The largest absolute Gasteiger partial charge is 0.493 e. The van der Waals surface area contributed by atoms with Crippen molar-refractivity contribution in [3.8, 4) is 11.5 Å². The van der Waals surface area contributed by atoms with Gasteiger partial charge < -0.3 is 9.47 Å². The molecule has 0 bridgehead atoms. The molecule has 8 heteroatoms. The fourth-order valence-electron chi connectivity index (χ4n) is 2.74. The van der Waals surface area contributed by atoms with E-state index >= 15 is 0 Å². The molecule has 156 valence electrons. The first-order chi connectivity index (χ1) is 13.6. The predicted octanol–water partition coefficient (Wildman–Crippen LogP) is 4.35. The number of amides is 2. The second-order valence-electron chi connectivity index (χ2n) is 6.64. The normalized spacial score (nSPS) is 15.9. The summed E-state index contributed by atoms with van der Waals surface area (Å²) >= 11 is 0. The molecule has 0 aliphatic carbocycles. The second-order valence-corrected chi connectivity index (χ2v) is 9.43. The summed E-state index contributed by atoms with van der Waals surface area (Å²) in [6, 6.07) is 4.98. The molecule has 1 atom stereocenters. The number of ether oxygens (including phenoxy) is 2. The van der Waals surface area contributed by atoms with E-state index in [0.717, 1.165) is 37.4 Å². The van der Waals surface area contributed by atoms with Crippen LogP contribution in [0.5, 0.6) is 11.5 Å². The lowest BCUT2D eigenvalue weighted by Crippen LogP contribution is -2.41. The van der Waals surface area contributed by atoms with Crippen molar-refractivity contribution in [1.29, 1.82) is 0 Å². The van der Waals surface area contributed by atoms with Crippen molar-refractivity contribution in [2.45, 2.75) is 57.1 Å². The molecule has 1 aromatic carbocycles. The molecule has 0 aromatic heterocycles. The van der Waals surface area contributed by atoms with E-state index in [4.69, 9.17) is 9.47 Å². The third-order valence-corrected chi connectivity index (χ3v) is 7.41. The highest BCUT2D eigenvalue weighted by Crippen LogP contribution is 2.39. The third-order valence-electron chi connectivity index (χ3n) is 4.40. The Morgan fingerprint density at radius 3 is 2.75 bits per heavy atom. The molecule has 2 N–H and O–H groups in total. The van der Waals surface area contributed by atoms with Crippen LogP contribution < -0.4 is 20.3 Å². The zero-order valence-electron chi connectivity index (χ0n) is 16.6. The highest BCUT2D eigenvalue weighted by molar-refractivity contribution is 8.77. The quantitative estimate of drug-likeness (QED) is 0.311. The van der Waals surface area contributed by atoms with Crippen molar-refractivity contribution < 1.29 is 19.1 Å². The minimum absolute atomic E-state index is 0.173. The summed E-state index contributed by atoms with van der Waals surface area (Å²) in [7, 11) is 5.44. The fourth-order valence-corrected chi connectivity index (χ4v) is 5.77. The molecule has 1 fully saturated rings. The van der Waals surface area contributed by atoms with Gasteiger partial charge in [-0.1, -0.05) is 41.4 Å². The Bertz CT molecular complexity index is 637. The highest BCUT2D eigenvalue weighted by atomic mass is 33.1. The number of hydrogen-bond donors (Lipinski definition) is 2. The molecule has 0 spiro atoms. The van der Waals surface area contributed by atoms with Crippen LogP contribution in [0.15, 0.2) is 18.2 Å². The molecular weight excluding hydrogens is 396 g/mol. The molecular formula is C20H30N2O4S2. The van der Waals surface area contributed by atoms with Crippen LogP contribution in [0.2, 0.25) is 0 Å². The average molecular weight is 427 g/mol. The van der Waals surface area contributed by atoms with Crippen LogP contribution in [0.4, 0.5) is 0 Å². The van der Waals surface area contributed by atoms with Gasteiger partial charge in [0.1, 0.15) is 0 Å². The van der Waals surface area contributed by atoms with Crippen LogP contribution in [0, 0.1) is 0 Å². The van der Waals surface area contributed by atoms with Gasteiger partial charge in [0.25, 0.3) is 5.91 Å². The first-order valence-corrected chi connectivity index (χ1v) is 12.2. The monoisotopic (exact) mass is 426 g/mol. The first-order valence-electron chi connectivity index (χ1n) is 9.82. The number of unbranched alkanes of at least 4 members (excludes halogenated alkanes) is 2. The molecule has 1 aliphatic heterocycles. The fraction of sp³-hybridized carbons (Fsp3) is 0.600. The summed E-state index contributed by atoms with van der Waals surface area (Å²) in [4.78, 5) is 24.2. The summed E-state index contributed by atoms with van der Waals surface area (Å²) in [5.41, 5.74) is 5.34. The van der Waals surface area contributed by atoms with E-state index < -0.39 is 0 Å². The molecule has 6 nitrogen and oxygen atoms in total. The number of rotatable bonds is 11. The van der Waals surface area contributed by atoms with Gasteiger partial charge in [0.15, 0.2) is 11.5 Å². The summed E-state index contributed by atoms with van der Waals surface area (Å²) < 4.78 is 11.0. The van der Waals surface area contributed by atoms with Crippen molar-refractivity contribution in [3.63, 3.8) is 0 Å². The lowest BCUT2D eigenvalue weighted by Gasteiger charge is -2.12. The molecule has 2 amide bonds. The summed E-state index contributed by atoms with van der Waals surface area (Å²) in [6.07, 6.45) is 6.71. The topological polar surface area (TPSA) is 76.7 Å². The first kappa shape index (κ1) is 22.7. The molecule has 1 saturated heterocycles. The maximum Gasteiger partial charge on any atom is 0.269 e. The predicted molar refractivity (Wildman–Crippen MR) is 116 cm³/mol. The third kappa shape index (κ3) is 7.83. The van der Waals surface area contributed by atoms with Gasteiger partial charge in [-0.3, -0.25) is 20.4 Å². The maximum atomic E-state index is 12.3. The van der Waals surface area contributed by atoms with E-state index in [1.54, 1.807) is 18.2 Å². The van der Waals surface area contributed by atoms with Gasteiger partial charge in [0, 0.05) is 23.0 Å². The lowest BCUT2D eigenvalue weighted by atomic mass is 10.1. The van der Waals surface area contributed by atoms with E-state index in [1.165, 1.54) is 19.3 Å². The van der Waals surface area contributed by atoms with E-state index in [0.29, 0.717) is 30.1 Å². The van der Waals surface area contributed by atoms with Crippen molar-refractivity contribution in [3.05, 3.63) is 23.8 Å². The van der Waals surface area contributed by atoms with Crippen LogP contribution in [-0.4, -0.2) is 36.5 Å². The number of carbonyl (C=O) groups is 2. The van der Waals surface area contributed by atoms with E-state index in [-0.39, 0.29) is 11.8 Å². The Balaban J connectivity index is 1.71. The molecule has 2 rings (SSSR count). The second kappa shape index (κ2) is 12.8. The van der Waals surface area contributed by atoms with Crippen LogP contribution in [0.3, 0.4) is 0 Å². The summed E-state index contributed by atoms with van der Waals surface area (Å²) in [5, 5.41) is 0.733. The van der Waals surface area contributed by atoms with Gasteiger partial charge in [0.05, 0.1) is 13.7 Å². The number of carbonyl (C=O) groups excluding carboxylic acids is 2. The zero-order chi connectivity index (χ0) is 20.2. The Morgan fingerprint density at radius 1 is 1.18 bits per heavy atom. The van der Waals surface area contributed by atoms with Gasteiger partial charge in [0.2, 0.25) is 5.91 Å². The van der Waals surface area contributed by atoms with Crippen molar-refractivity contribution in [1.82, 2.24) is 10.9 Å². The molecule has 1 unspecified atom stereocenters. The summed E-state index contributed by atoms with van der Waals surface area (Å²) in [5.74, 6) is 1.78. The van der Waals surface area contributed by atoms with Gasteiger partial charge in [-0.25, -0.2) is 0 Å². The van der Waals surface area contributed by atoms with Crippen molar-refractivity contribution in [2.24, 2.45) is 0 Å². The van der Waals surface area contributed by atoms with Crippen LogP contribution in [0.25, 0.3) is 0 Å². The summed E-state index contributed by atoms with van der Waals surface area (Å²) in [6.45, 7) is 2.70. The van der Waals surface area contributed by atoms with Crippen LogP contribution >= 0.6 is 21.6 Å². The number of hydrazine groups is 1. The van der Waals surface area contributed by atoms with Crippen molar-refractivity contribution >= 4 is 33.4 Å². The van der Waals surface area contributed by atoms with Crippen molar-refractivity contribution in [2.75, 3.05) is 19.5 Å². The minimum atomic E-state index is -0.383. The minimum Gasteiger partial charge on any atom is -0.493 e. The van der Waals surface area contributed by atoms with Gasteiger partial charge in [-0.15, -0.1) is 0 Å². The molecule has 1 heterocycles. The van der Waals surface area contributed by atoms with E-state index in [2.05, 4.69) is 17.8 Å². The number of nitrogens with one attached hydrogen (secondary N) is 2. The number of benzene rings is 1. The lowest BCUT2D eigenvalue weighted by molar-refractivity contribution is -0.122. The Hall–Kier alpha value is -1.54. The molecule has 0 radical (unpaired) electrons. The maximum absolute atomic E-state index is 12.3. The Labute approximate surface area is 175 Å². The Kier molecular flexibility index (Phi) is 10.4. The van der Waals surface area contributed by atoms with Gasteiger partial charge in [-0.05, 0) is 43.9 Å². The zero-order valence-corrected chi connectivity index (χ0v) is 18.3. The number of methoxy groups -OCH3 is 1. The molecule has 28 heavy (non-hydrogen) atoms. The van der Waals surface area contributed by atoms with E-state index in [9.17, 15) is 9.59 Å². The van der Waals surface area contributed by atoms with E-state index in [1.807, 2.05) is 21.6 Å². The van der Waals surface area contributed by atoms with Gasteiger partial charge >= 0.3 is 0 Å². The standard InChI is InChI=1S/C20H30N2O4S2/c1-3-4-12-26-17-10-9-15(14-18(17)25-2)20(24)22-21-19(23)8-6-5-7-16-11-13-27-28-16/h9-10,14,16H,3-8,11-13H2,1-2H3,(H,21,23)(H,22,24). The Morgan fingerprint density at radius 2 is 2.04 bits per heavy atom.